The van der Waals surface area contributed by atoms with Crippen molar-refractivity contribution in [2.24, 2.45) is 0 Å². The number of hydrogen-bond donors (Lipinski definition) is 1. The van der Waals surface area contributed by atoms with Crippen LogP contribution in [0.5, 0.6) is 0 Å². The number of carbonyl (C=O) groups excluding carboxylic acids is 2. The van der Waals surface area contributed by atoms with Crippen LogP contribution in [0.15, 0.2) is 0 Å². The number of methoxy groups -OCH3 is 1. The van der Waals surface area contributed by atoms with Crippen molar-refractivity contribution >= 4 is 11.8 Å². The number of ether oxygens (including phenoxy) is 1. The Morgan fingerprint density at radius 1 is 0.760 bits per heavy atom. The van der Waals surface area contributed by atoms with E-state index >= 15 is 0 Å². The fourth-order valence-corrected chi connectivity index (χ4v) is 3.17. The number of carbonyl (C=O) groups is 2. The molecule has 0 aliphatic heterocycles. The van der Waals surface area contributed by atoms with Crippen molar-refractivity contribution in [1.29, 1.82) is 0 Å². The van der Waals surface area contributed by atoms with Gasteiger partial charge in [0, 0.05) is 0 Å². The van der Waals surface area contributed by atoms with Gasteiger partial charge < -0.3 is 9.84 Å². The Hall–Kier alpha value is -0.900. The summed E-state index contributed by atoms with van der Waals surface area (Å²) < 4.78 is 4.54. The molecule has 0 saturated heterocycles. The van der Waals surface area contributed by atoms with Crippen molar-refractivity contribution in [3.63, 3.8) is 0 Å². The summed E-state index contributed by atoms with van der Waals surface area (Å²) in [6, 6.07) is 0. The van der Waals surface area contributed by atoms with E-state index in [1.807, 2.05) is 0 Å². The first-order valence-corrected chi connectivity index (χ1v) is 10.3. The predicted octanol–water partition coefficient (Wildman–Crippen LogP) is 5.35. The molecule has 1 atom stereocenters. The van der Waals surface area contributed by atoms with E-state index < -0.39 is 17.4 Å². The summed E-state index contributed by atoms with van der Waals surface area (Å²) in [6.45, 7) is 3.49. The Balaban J connectivity index is 3.49. The average molecular weight is 357 g/mol. The van der Waals surface area contributed by atoms with Gasteiger partial charge in [0.05, 0.1) is 7.11 Å². The maximum absolute atomic E-state index is 11.5. The molecule has 0 spiro atoms. The van der Waals surface area contributed by atoms with E-state index in [-0.39, 0.29) is 6.42 Å². The van der Waals surface area contributed by atoms with Crippen LogP contribution in [0.25, 0.3) is 0 Å². The molecule has 1 unspecified atom stereocenters. The molecule has 0 aromatic rings. The van der Waals surface area contributed by atoms with E-state index in [4.69, 9.17) is 0 Å². The lowest BCUT2D eigenvalue weighted by Gasteiger charge is -2.21. The van der Waals surface area contributed by atoms with Crippen LogP contribution in [-0.2, 0) is 14.3 Å². The summed E-state index contributed by atoms with van der Waals surface area (Å²) in [4.78, 5) is 23.0. The van der Waals surface area contributed by atoms with Gasteiger partial charge in [0.2, 0.25) is 5.60 Å². The lowest BCUT2D eigenvalue weighted by Crippen LogP contribution is -2.46. The van der Waals surface area contributed by atoms with Crippen molar-refractivity contribution in [3.8, 4) is 0 Å². The highest BCUT2D eigenvalue weighted by atomic mass is 16.5. The van der Waals surface area contributed by atoms with E-state index in [0.29, 0.717) is 6.42 Å². The van der Waals surface area contributed by atoms with Crippen LogP contribution in [0.1, 0.15) is 110 Å². The summed E-state index contributed by atoms with van der Waals surface area (Å²) in [7, 11) is 1.20. The number of aliphatic hydroxyl groups is 1. The van der Waals surface area contributed by atoms with Crippen LogP contribution >= 0.6 is 0 Å². The third-order valence-electron chi connectivity index (χ3n) is 5.00. The van der Waals surface area contributed by atoms with Crippen LogP contribution in [-0.4, -0.2) is 29.6 Å². The zero-order chi connectivity index (χ0) is 19.0. The summed E-state index contributed by atoms with van der Waals surface area (Å²) in [5.74, 6) is -1.37. The van der Waals surface area contributed by atoms with E-state index in [0.717, 1.165) is 12.8 Å². The Bertz CT molecular complexity index is 354. The summed E-state index contributed by atoms with van der Waals surface area (Å²) in [5, 5.41) is 10.1. The van der Waals surface area contributed by atoms with Gasteiger partial charge in [-0.2, -0.15) is 0 Å². The van der Waals surface area contributed by atoms with Gasteiger partial charge in [0.25, 0.3) is 0 Å². The van der Waals surface area contributed by atoms with Gasteiger partial charge in [-0.05, 0) is 19.8 Å². The number of ketones is 1. The van der Waals surface area contributed by atoms with Gasteiger partial charge >= 0.3 is 5.97 Å². The van der Waals surface area contributed by atoms with E-state index in [1.165, 1.54) is 84.7 Å². The molecule has 0 aromatic heterocycles. The minimum atomic E-state index is -1.95. The van der Waals surface area contributed by atoms with Crippen LogP contribution in [0.2, 0.25) is 0 Å². The van der Waals surface area contributed by atoms with Gasteiger partial charge in [-0.15, -0.1) is 0 Å². The minimum absolute atomic E-state index is 0.160. The van der Waals surface area contributed by atoms with Crippen molar-refractivity contribution in [3.05, 3.63) is 0 Å². The highest BCUT2D eigenvalue weighted by molar-refractivity contribution is 6.05. The number of esters is 1. The molecule has 4 heteroatoms. The van der Waals surface area contributed by atoms with Crippen LogP contribution < -0.4 is 0 Å². The maximum Gasteiger partial charge on any atom is 0.345 e. The van der Waals surface area contributed by atoms with Crippen molar-refractivity contribution in [2.75, 3.05) is 7.11 Å². The van der Waals surface area contributed by atoms with Gasteiger partial charge in [-0.3, -0.25) is 4.79 Å². The standard InChI is InChI=1S/C21H40O4/c1-4-5-6-7-8-9-10-11-12-13-14-15-16-17-18-21(24,19(2)22)20(23)25-3/h24H,4-18H2,1-3H3. The molecule has 0 rings (SSSR count). The Labute approximate surface area is 154 Å². The third kappa shape index (κ3) is 11.4. The first-order valence-electron chi connectivity index (χ1n) is 10.3. The number of hydrogen-bond acceptors (Lipinski definition) is 4. The normalized spacial score (nSPS) is 13.4. The van der Waals surface area contributed by atoms with E-state index in [1.54, 1.807) is 0 Å². The Morgan fingerprint density at radius 3 is 1.44 bits per heavy atom. The molecule has 0 aliphatic rings. The monoisotopic (exact) mass is 356 g/mol. The van der Waals surface area contributed by atoms with Crippen LogP contribution in [0.3, 0.4) is 0 Å². The lowest BCUT2D eigenvalue weighted by molar-refractivity contribution is -0.168. The molecule has 4 nitrogen and oxygen atoms in total. The molecule has 1 N–H and O–H groups in total. The van der Waals surface area contributed by atoms with Gasteiger partial charge in [0.1, 0.15) is 0 Å². The number of Topliss-reactive ketones (excluding diaryl/α,β-unsaturated/α-hetero) is 1. The first-order chi connectivity index (χ1) is 12.0. The lowest BCUT2D eigenvalue weighted by atomic mass is 9.92. The highest BCUT2D eigenvalue weighted by Gasteiger charge is 2.41. The first kappa shape index (κ1) is 24.1. The fraction of sp³-hybridized carbons (Fsp3) is 0.905. The molecule has 0 radical (unpaired) electrons. The molecular weight excluding hydrogens is 316 g/mol. The zero-order valence-electron chi connectivity index (χ0n) is 16.8. The Morgan fingerprint density at radius 2 is 1.12 bits per heavy atom. The largest absolute Gasteiger partial charge is 0.467 e. The molecule has 0 saturated carbocycles. The molecule has 0 bridgehead atoms. The van der Waals surface area contributed by atoms with Crippen molar-refractivity contribution in [1.82, 2.24) is 0 Å². The van der Waals surface area contributed by atoms with Gasteiger partial charge in [-0.1, -0.05) is 90.4 Å². The van der Waals surface area contributed by atoms with Crippen molar-refractivity contribution < 1.29 is 19.4 Å². The molecule has 0 heterocycles. The van der Waals surface area contributed by atoms with E-state index in [2.05, 4.69) is 11.7 Å². The maximum atomic E-state index is 11.5. The summed E-state index contributed by atoms with van der Waals surface area (Å²) in [5.41, 5.74) is -1.95. The summed E-state index contributed by atoms with van der Waals surface area (Å²) in [6.07, 6.45) is 17.5. The van der Waals surface area contributed by atoms with Crippen LogP contribution in [0.4, 0.5) is 0 Å². The van der Waals surface area contributed by atoms with Gasteiger partial charge in [-0.25, -0.2) is 4.79 Å². The quantitative estimate of drug-likeness (QED) is 0.217. The number of unbranched alkanes of at least 4 members (excludes halogenated alkanes) is 13. The van der Waals surface area contributed by atoms with Gasteiger partial charge in [0.15, 0.2) is 5.78 Å². The van der Waals surface area contributed by atoms with E-state index in [9.17, 15) is 14.7 Å². The zero-order valence-corrected chi connectivity index (χ0v) is 16.8. The second-order valence-electron chi connectivity index (χ2n) is 7.25. The minimum Gasteiger partial charge on any atom is -0.467 e. The molecule has 0 aromatic carbocycles. The smallest absolute Gasteiger partial charge is 0.345 e. The average Bonchev–Trinajstić information content (AvgIpc) is 2.60. The summed E-state index contributed by atoms with van der Waals surface area (Å²) >= 11 is 0. The SMILES string of the molecule is CCCCCCCCCCCCCCCCC(O)(C(C)=O)C(=O)OC. The topological polar surface area (TPSA) is 63.6 Å². The molecule has 0 aliphatic carbocycles. The second-order valence-corrected chi connectivity index (χ2v) is 7.25. The third-order valence-corrected chi connectivity index (χ3v) is 5.00. The fourth-order valence-electron chi connectivity index (χ4n) is 3.17. The molecular formula is C21H40O4. The molecule has 0 amide bonds. The predicted molar refractivity (Wildman–Crippen MR) is 103 cm³/mol. The molecule has 25 heavy (non-hydrogen) atoms. The van der Waals surface area contributed by atoms with Crippen molar-refractivity contribution in [2.45, 2.75) is 116 Å². The highest BCUT2D eigenvalue weighted by Crippen LogP contribution is 2.19. The Kier molecular flexibility index (Phi) is 14.8. The molecule has 148 valence electrons. The number of rotatable bonds is 17. The molecule has 0 fully saturated rings. The van der Waals surface area contributed by atoms with Crippen LogP contribution in [0, 0.1) is 0 Å². The second kappa shape index (κ2) is 15.4.